The van der Waals surface area contributed by atoms with Crippen LogP contribution in [0.3, 0.4) is 0 Å². The van der Waals surface area contributed by atoms with Gasteiger partial charge in [0.05, 0.1) is 0 Å². The smallest absolute Gasteiger partial charge is 0.115 e. The van der Waals surface area contributed by atoms with Crippen LogP contribution in [-0.4, -0.2) is 25.2 Å². The SMILES string of the molecule is CC(CCc1ccc(O)cc1)Nc1ccc(N(C)C)cc1. The molecule has 0 radical (unpaired) electrons. The highest BCUT2D eigenvalue weighted by molar-refractivity contribution is 5.54. The third-order valence-electron chi connectivity index (χ3n) is 3.60. The van der Waals surface area contributed by atoms with Crippen LogP contribution in [0.15, 0.2) is 48.5 Å². The molecule has 0 fully saturated rings. The van der Waals surface area contributed by atoms with E-state index in [-0.39, 0.29) is 0 Å². The van der Waals surface area contributed by atoms with E-state index >= 15 is 0 Å². The van der Waals surface area contributed by atoms with Gasteiger partial charge in [-0.05, 0) is 61.7 Å². The minimum Gasteiger partial charge on any atom is -0.508 e. The number of hydrogen-bond acceptors (Lipinski definition) is 3. The van der Waals surface area contributed by atoms with Gasteiger partial charge in [-0.25, -0.2) is 0 Å². The molecule has 2 rings (SSSR count). The molecule has 3 nitrogen and oxygen atoms in total. The quantitative estimate of drug-likeness (QED) is 0.844. The number of anilines is 2. The van der Waals surface area contributed by atoms with Crippen molar-refractivity contribution in [2.75, 3.05) is 24.3 Å². The van der Waals surface area contributed by atoms with Crippen LogP contribution in [0.4, 0.5) is 11.4 Å². The molecule has 0 amide bonds. The summed E-state index contributed by atoms with van der Waals surface area (Å²) in [5.41, 5.74) is 3.61. The van der Waals surface area contributed by atoms with Crippen LogP contribution in [0.25, 0.3) is 0 Å². The molecular weight excluding hydrogens is 260 g/mol. The lowest BCUT2D eigenvalue weighted by Crippen LogP contribution is -2.16. The maximum Gasteiger partial charge on any atom is 0.115 e. The first-order chi connectivity index (χ1) is 10.0. The number of nitrogens with one attached hydrogen (secondary N) is 1. The second kappa shape index (κ2) is 7.02. The van der Waals surface area contributed by atoms with Crippen LogP contribution in [0.1, 0.15) is 18.9 Å². The summed E-state index contributed by atoms with van der Waals surface area (Å²) in [6.07, 6.45) is 2.06. The number of aryl methyl sites for hydroxylation is 1. The summed E-state index contributed by atoms with van der Waals surface area (Å²) < 4.78 is 0. The predicted octanol–water partition coefficient (Wildman–Crippen LogP) is 3.89. The van der Waals surface area contributed by atoms with Crippen molar-refractivity contribution < 1.29 is 5.11 Å². The Balaban J connectivity index is 1.83. The topological polar surface area (TPSA) is 35.5 Å². The molecule has 112 valence electrons. The average molecular weight is 284 g/mol. The number of hydrogen-bond donors (Lipinski definition) is 2. The van der Waals surface area contributed by atoms with E-state index in [4.69, 9.17) is 0 Å². The van der Waals surface area contributed by atoms with E-state index in [0.717, 1.165) is 18.5 Å². The molecule has 0 heterocycles. The summed E-state index contributed by atoms with van der Waals surface area (Å²) in [4.78, 5) is 2.10. The van der Waals surface area contributed by atoms with Crippen molar-refractivity contribution >= 4 is 11.4 Å². The van der Waals surface area contributed by atoms with Gasteiger partial charge < -0.3 is 15.3 Å². The van der Waals surface area contributed by atoms with Crippen molar-refractivity contribution in [2.45, 2.75) is 25.8 Å². The molecule has 0 bridgehead atoms. The summed E-state index contributed by atoms with van der Waals surface area (Å²) in [7, 11) is 4.09. The summed E-state index contributed by atoms with van der Waals surface area (Å²) in [5, 5.41) is 12.8. The Morgan fingerprint density at radius 2 is 1.62 bits per heavy atom. The molecule has 0 aromatic heterocycles. The van der Waals surface area contributed by atoms with Gasteiger partial charge in [0.1, 0.15) is 5.75 Å². The fourth-order valence-electron chi connectivity index (χ4n) is 2.26. The maximum atomic E-state index is 9.27. The Hall–Kier alpha value is -2.16. The Morgan fingerprint density at radius 1 is 1.00 bits per heavy atom. The van der Waals surface area contributed by atoms with E-state index in [1.807, 2.05) is 26.2 Å². The molecule has 1 unspecified atom stereocenters. The van der Waals surface area contributed by atoms with Gasteiger partial charge in [-0.15, -0.1) is 0 Å². The monoisotopic (exact) mass is 284 g/mol. The normalized spacial score (nSPS) is 12.0. The molecule has 0 saturated carbocycles. The zero-order chi connectivity index (χ0) is 15.2. The van der Waals surface area contributed by atoms with Crippen LogP contribution >= 0.6 is 0 Å². The van der Waals surface area contributed by atoms with Crippen molar-refractivity contribution in [3.8, 4) is 5.75 Å². The van der Waals surface area contributed by atoms with Gasteiger partial charge >= 0.3 is 0 Å². The minimum absolute atomic E-state index is 0.325. The Kier molecular flexibility index (Phi) is 5.09. The molecule has 2 aromatic carbocycles. The number of rotatable bonds is 6. The van der Waals surface area contributed by atoms with E-state index in [1.54, 1.807) is 12.1 Å². The van der Waals surface area contributed by atoms with E-state index in [2.05, 4.69) is 41.4 Å². The number of aromatic hydroxyl groups is 1. The first-order valence-corrected chi connectivity index (χ1v) is 7.36. The first kappa shape index (κ1) is 15.2. The van der Waals surface area contributed by atoms with E-state index in [0.29, 0.717) is 11.8 Å². The van der Waals surface area contributed by atoms with Gasteiger partial charge in [0.15, 0.2) is 0 Å². The zero-order valence-corrected chi connectivity index (χ0v) is 13.0. The molecule has 0 aliphatic rings. The molecule has 0 aliphatic heterocycles. The molecule has 0 saturated heterocycles. The molecule has 2 aromatic rings. The largest absolute Gasteiger partial charge is 0.508 e. The number of phenolic OH excluding ortho intramolecular Hbond substituents is 1. The van der Waals surface area contributed by atoms with Crippen molar-refractivity contribution in [1.82, 2.24) is 0 Å². The highest BCUT2D eigenvalue weighted by atomic mass is 16.3. The van der Waals surface area contributed by atoms with Crippen molar-refractivity contribution in [2.24, 2.45) is 0 Å². The van der Waals surface area contributed by atoms with E-state index < -0.39 is 0 Å². The molecule has 3 heteroatoms. The van der Waals surface area contributed by atoms with Gasteiger partial charge in [0.2, 0.25) is 0 Å². The second-order valence-corrected chi connectivity index (χ2v) is 5.69. The van der Waals surface area contributed by atoms with Crippen LogP contribution in [0, 0.1) is 0 Å². The van der Waals surface area contributed by atoms with Gasteiger partial charge in [0, 0.05) is 31.5 Å². The highest BCUT2D eigenvalue weighted by Crippen LogP contribution is 2.18. The number of phenols is 1. The third-order valence-corrected chi connectivity index (χ3v) is 3.60. The number of nitrogens with zero attached hydrogens (tertiary/aromatic N) is 1. The molecular formula is C18H24N2O. The van der Waals surface area contributed by atoms with Crippen LogP contribution in [0.2, 0.25) is 0 Å². The molecule has 0 spiro atoms. The lowest BCUT2D eigenvalue weighted by atomic mass is 10.1. The van der Waals surface area contributed by atoms with Crippen molar-refractivity contribution in [3.63, 3.8) is 0 Å². The van der Waals surface area contributed by atoms with Crippen LogP contribution < -0.4 is 10.2 Å². The fourth-order valence-corrected chi connectivity index (χ4v) is 2.26. The minimum atomic E-state index is 0.325. The summed E-state index contributed by atoms with van der Waals surface area (Å²) >= 11 is 0. The number of benzene rings is 2. The summed E-state index contributed by atoms with van der Waals surface area (Å²) in [6, 6.07) is 16.3. The zero-order valence-electron chi connectivity index (χ0n) is 13.0. The van der Waals surface area contributed by atoms with Gasteiger partial charge in [0.25, 0.3) is 0 Å². The Bertz CT molecular complexity index is 546. The third kappa shape index (κ3) is 4.71. The summed E-state index contributed by atoms with van der Waals surface area (Å²) in [6.45, 7) is 2.19. The Labute approximate surface area is 127 Å². The molecule has 21 heavy (non-hydrogen) atoms. The van der Waals surface area contributed by atoms with Crippen molar-refractivity contribution in [3.05, 3.63) is 54.1 Å². The second-order valence-electron chi connectivity index (χ2n) is 5.69. The Morgan fingerprint density at radius 3 is 2.19 bits per heavy atom. The first-order valence-electron chi connectivity index (χ1n) is 7.36. The maximum absolute atomic E-state index is 9.27. The molecule has 2 N–H and O–H groups in total. The summed E-state index contributed by atoms with van der Waals surface area (Å²) in [5.74, 6) is 0.325. The van der Waals surface area contributed by atoms with Crippen LogP contribution in [-0.2, 0) is 6.42 Å². The highest BCUT2D eigenvalue weighted by Gasteiger charge is 2.03. The average Bonchev–Trinajstić information content (AvgIpc) is 2.47. The molecule has 1 atom stereocenters. The van der Waals surface area contributed by atoms with Crippen LogP contribution in [0.5, 0.6) is 5.75 Å². The standard InChI is InChI=1S/C18H24N2O/c1-14(4-5-15-6-12-18(21)13-7-15)19-16-8-10-17(11-9-16)20(2)3/h6-14,19,21H,4-5H2,1-3H3. The van der Waals surface area contributed by atoms with E-state index in [1.165, 1.54) is 11.3 Å². The van der Waals surface area contributed by atoms with Gasteiger partial charge in [-0.1, -0.05) is 12.1 Å². The lowest BCUT2D eigenvalue weighted by Gasteiger charge is -2.17. The van der Waals surface area contributed by atoms with Gasteiger partial charge in [-0.3, -0.25) is 0 Å². The fraction of sp³-hybridized carbons (Fsp3) is 0.333. The van der Waals surface area contributed by atoms with E-state index in [9.17, 15) is 5.11 Å². The van der Waals surface area contributed by atoms with Gasteiger partial charge in [-0.2, -0.15) is 0 Å². The molecule has 0 aliphatic carbocycles. The van der Waals surface area contributed by atoms with Crippen molar-refractivity contribution in [1.29, 1.82) is 0 Å². The lowest BCUT2D eigenvalue weighted by molar-refractivity contribution is 0.475. The predicted molar refractivity (Wildman–Crippen MR) is 90.3 cm³/mol.